The van der Waals surface area contributed by atoms with E-state index in [1.54, 1.807) is 0 Å². The van der Waals surface area contributed by atoms with Crippen LogP contribution in [0.5, 0.6) is 0 Å². The molecule has 8 unspecified atom stereocenters. The third-order valence-electron chi connectivity index (χ3n) is 11.3. The maximum atomic E-state index is 12.3. The van der Waals surface area contributed by atoms with Gasteiger partial charge in [0.25, 0.3) is 0 Å². The Labute approximate surface area is 177 Å². The van der Waals surface area contributed by atoms with E-state index in [0.717, 1.165) is 42.9 Å². The number of hydrogen-bond donors (Lipinski definition) is 1. The van der Waals surface area contributed by atoms with Gasteiger partial charge in [0.15, 0.2) is 0 Å². The van der Waals surface area contributed by atoms with Gasteiger partial charge in [0.1, 0.15) is 0 Å². The highest BCUT2D eigenvalue weighted by atomic mass is 16.4. The molecule has 5 rings (SSSR count). The normalized spacial score (nSPS) is 54.3. The highest BCUT2D eigenvalue weighted by Crippen LogP contribution is 2.67. The van der Waals surface area contributed by atoms with Crippen LogP contribution in [0.25, 0.3) is 0 Å². The molecule has 4 saturated carbocycles. The Balaban J connectivity index is 1.49. The molecule has 0 aromatic rings. The molecule has 0 aliphatic heterocycles. The summed E-state index contributed by atoms with van der Waals surface area (Å²) >= 11 is 0. The van der Waals surface area contributed by atoms with Gasteiger partial charge in [0.2, 0.25) is 0 Å². The first-order chi connectivity index (χ1) is 13.7. The monoisotopic (exact) mass is 398 g/mol. The fraction of sp³-hybridized carbons (Fsp3) is 0.889. The molecule has 0 bridgehead atoms. The molecule has 9 atom stereocenters. The van der Waals surface area contributed by atoms with E-state index >= 15 is 0 Å². The van der Waals surface area contributed by atoms with E-state index in [1.165, 1.54) is 51.4 Å². The Hall–Kier alpha value is -0.790. The minimum absolute atomic E-state index is 0.218. The minimum atomic E-state index is -0.539. The van der Waals surface area contributed by atoms with Crippen LogP contribution in [0.3, 0.4) is 0 Å². The summed E-state index contributed by atoms with van der Waals surface area (Å²) in [5.41, 5.74) is 2.10. The van der Waals surface area contributed by atoms with Crippen LogP contribution in [-0.4, -0.2) is 11.1 Å². The molecule has 0 amide bonds. The predicted molar refractivity (Wildman–Crippen MR) is 117 cm³/mol. The summed E-state index contributed by atoms with van der Waals surface area (Å²) in [6.07, 6.45) is 16.6. The third-order valence-corrected chi connectivity index (χ3v) is 11.3. The standard InChI is InChI=1S/C27H42O2/c1-17-7-5-13-25(2)16-12-18-19-9-11-22-26(3,14-6-15-27(22,4)24(28)29)21(19)10-8-20(18)23(17)25/h8,17-19,21-23H,5-7,9-16H2,1-4H3,(H,28,29)/t17?,18?,19?,21?,22?,23?,25?,26?,27-/m0/s1. The van der Waals surface area contributed by atoms with Crippen LogP contribution in [0.4, 0.5) is 0 Å². The van der Waals surface area contributed by atoms with Crippen LogP contribution >= 0.6 is 0 Å². The zero-order chi connectivity index (χ0) is 20.6. The first kappa shape index (κ1) is 20.1. The van der Waals surface area contributed by atoms with Gasteiger partial charge in [-0.2, -0.15) is 0 Å². The van der Waals surface area contributed by atoms with E-state index in [4.69, 9.17) is 0 Å². The molecule has 162 valence electrons. The molecule has 0 aromatic heterocycles. The lowest BCUT2D eigenvalue weighted by Crippen LogP contribution is -2.57. The first-order valence-corrected chi connectivity index (χ1v) is 12.6. The van der Waals surface area contributed by atoms with Gasteiger partial charge in [-0.25, -0.2) is 0 Å². The Kier molecular flexibility index (Phi) is 4.58. The Morgan fingerprint density at radius 3 is 2.55 bits per heavy atom. The van der Waals surface area contributed by atoms with Crippen molar-refractivity contribution in [2.45, 2.75) is 98.3 Å². The highest BCUT2D eigenvalue weighted by Gasteiger charge is 2.61. The second-order valence-electron chi connectivity index (χ2n) is 12.6. The number of rotatable bonds is 1. The van der Waals surface area contributed by atoms with Gasteiger partial charge in [0, 0.05) is 0 Å². The summed E-state index contributed by atoms with van der Waals surface area (Å²) in [4.78, 5) is 12.3. The molecule has 5 aliphatic carbocycles. The Morgan fingerprint density at radius 2 is 1.79 bits per heavy atom. The number of fused-ring (bicyclic) bond motifs is 7. The second-order valence-corrected chi connectivity index (χ2v) is 12.6. The lowest BCUT2D eigenvalue weighted by atomic mass is 9.41. The SMILES string of the molecule is CC1CCCC2(C)CCC3C(=CCC4C3CCC3C4(C)CCC[C@]3(C)C(=O)O)C12. The van der Waals surface area contributed by atoms with E-state index in [1.807, 2.05) is 5.57 Å². The van der Waals surface area contributed by atoms with Gasteiger partial charge < -0.3 is 5.11 Å². The van der Waals surface area contributed by atoms with E-state index in [2.05, 4.69) is 33.8 Å². The number of hydrogen-bond acceptors (Lipinski definition) is 1. The van der Waals surface area contributed by atoms with Crippen LogP contribution in [0.15, 0.2) is 11.6 Å². The first-order valence-electron chi connectivity index (χ1n) is 12.6. The molecule has 2 heteroatoms. The maximum absolute atomic E-state index is 12.3. The summed E-state index contributed by atoms with van der Waals surface area (Å²) in [5, 5.41) is 10.1. The number of allylic oxidation sites excluding steroid dienone is 2. The molecule has 4 fully saturated rings. The van der Waals surface area contributed by atoms with Crippen molar-refractivity contribution in [3.63, 3.8) is 0 Å². The van der Waals surface area contributed by atoms with E-state index < -0.39 is 11.4 Å². The van der Waals surface area contributed by atoms with Crippen LogP contribution < -0.4 is 0 Å². The molecule has 2 nitrogen and oxygen atoms in total. The summed E-state index contributed by atoms with van der Waals surface area (Å²) in [6, 6.07) is 0. The van der Waals surface area contributed by atoms with Gasteiger partial charge in [-0.1, -0.05) is 51.7 Å². The fourth-order valence-electron chi connectivity index (χ4n) is 9.97. The van der Waals surface area contributed by atoms with Crippen molar-refractivity contribution in [3.8, 4) is 0 Å². The molecule has 0 heterocycles. The molecule has 0 aromatic carbocycles. The Bertz CT molecular complexity index is 724. The van der Waals surface area contributed by atoms with Crippen molar-refractivity contribution in [2.75, 3.05) is 0 Å². The molecule has 1 N–H and O–H groups in total. The summed E-state index contributed by atoms with van der Waals surface area (Å²) in [5.74, 6) is 3.79. The molecule has 0 saturated heterocycles. The summed E-state index contributed by atoms with van der Waals surface area (Å²) in [7, 11) is 0. The van der Waals surface area contributed by atoms with Crippen molar-refractivity contribution < 1.29 is 9.90 Å². The summed E-state index contributed by atoms with van der Waals surface area (Å²) in [6.45, 7) is 9.67. The number of carboxylic acids is 1. The quantitative estimate of drug-likeness (QED) is 0.479. The summed E-state index contributed by atoms with van der Waals surface area (Å²) < 4.78 is 0. The lowest BCUT2D eigenvalue weighted by Gasteiger charge is -2.63. The Morgan fingerprint density at radius 1 is 1.00 bits per heavy atom. The largest absolute Gasteiger partial charge is 0.481 e. The van der Waals surface area contributed by atoms with Crippen molar-refractivity contribution in [1.82, 2.24) is 0 Å². The molecule has 0 spiro atoms. The van der Waals surface area contributed by atoms with E-state index in [9.17, 15) is 9.90 Å². The van der Waals surface area contributed by atoms with Gasteiger partial charge >= 0.3 is 5.97 Å². The van der Waals surface area contributed by atoms with Crippen LogP contribution in [-0.2, 0) is 4.79 Å². The molecule has 5 aliphatic rings. The van der Waals surface area contributed by atoms with E-state index in [0.29, 0.717) is 17.3 Å². The van der Waals surface area contributed by atoms with Crippen molar-refractivity contribution in [1.29, 1.82) is 0 Å². The van der Waals surface area contributed by atoms with Gasteiger partial charge in [-0.15, -0.1) is 0 Å². The third kappa shape index (κ3) is 2.69. The predicted octanol–water partition coefficient (Wildman–Crippen LogP) is 7.09. The zero-order valence-corrected chi connectivity index (χ0v) is 19.2. The average molecular weight is 399 g/mol. The number of aliphatic carboxylic acids is 1. The van der Waals surface area contributed by atoms with Gasteiger partial charge in [0.05, 0.1) is 5.41 Å². The minimum Gasteiger partial charge on any atom is -0.481 e. The van der Waals surface area contributed by atoms with Gasteiger partial charge in [-0.05, 0) is 105 Å². The molecular formula is C27H42O2. The van der Waals surface area contributed by atoms with Crippen LogP contribution in [0.2, 0.25) is 0 Å². The lowest BCUT2D eigenvalue weighted by molar-refractivity contribution is -0.172. The van der Waals surface area contributed by atoms with Crippen LogP contribution in [0, 0.1) is 51.8 Å². The van der Waals surface area contributed by atoms with Crippen LogP contribution in [0.1, 0.15) is 98.3 Å². The average Bonchev–Trinajstić information content (AvgIpc) is 2.66. The van der Waals surface area contributed by atoms with Crippen molar-refractivity contribution in [2.24, 2.45) is 51.8 Å². The molecule has 29 heavy (non-hydrogen) atoms. The fourth-order valence-corrected chi connectivity index (χ4v) is 9.97. The zero-order valence-electron chi connectivity index (χ0n) is 19.2. The highest BCUT2D eigenvalue weighted by molar-refractivity contribution is 5.75. The van der Waals surface area contributed by atoms with E-state index in [-0.39, 0.29) is 5.41 Å². The van der Waals surface area contributed by atoms with Gasteiger partial charge in [-0.3, -0.25) is 4.79 Å². The second kappa shape index (κ2) is 6.60. The maximum Gasteiger partial charge on any atom is 0.309 e. The smallest absolute Gasteiger partial charge is 0.309 e. The molecule has 0 radical (unpaired) electrons. The van der Waals surface area contributed by atoms with Crippen molar-refractivity contribution in [3.05, 3.63) is 11.6 Å². The topological polar surface area (TPSA) is 37.3 Å². The van der Waals surface area contributed by atoms with Crippen molar-refractivity contribution >= 4 is 5.97 Å². The number of carboxylic acid groups (broad SMARTS) is 1. The molecular weight excluding hydrogens is 356 g/mol. The number of carbonyl (C=O) groups is 1.